The van der Waals surface area contributed by atoms with Gasteiger partial charge >= 0.3 is 0 Å². The maximum atomic E-state index is 10.3. The highest BCUT2D eigenvalue weighted by atomic mass is 35.5. The average Bonchev–Trinajstić information content (AvgIpc) is 1.87. The van der Waals surface area contributed by atoms with Crippen molar-refractivity contribution in [1.82, 2.24) is 0 Å². The highest BCUT2D eigenvalue weighted by Gasteiger charge is 2.06. The first-order valence-corrected chi connectivity index (χ1v) is 4.02. The van der Waals surface area contributed by atoms with Gasteiger partial charge in [0.15, 0.2) is 0 Å². The second-order valence-corrected chi connectivity index (χ2v) is 2.66. The van der Waals surface area contributed by atoms with E-state index in [1.165, 1.54) is 0 Å². The number of rotatable bonds is 5. The van der Waals surface area contributed by atoms with Crippen LogP contribution in [-0.2, 0) is 4.79 Å². The molecule has 2 nitrogen and oxygen atoms in total. The van der Waals surface area contributed by atoms with Crippen molar-refractivity contribution in [3.63, 3.8) is 0 Å². The lowest BCUT2D eigenvalue weighted by molar-refractivity contribution is -0.311. The topological polar surface area (TPSA) is 40.1 Å². The Morgan fingerprint density at radius 3 is 2.50 bits per heavy atom. The van der Waals surface area contributed by atoms with Crippen molar-refractivity contribution in [1.29, 1.82) is 0 Å². The molecule has 0 heterocycles. The number of halogens is 1. The summed E-state index contributed by atoms with van der Waals surface area (Å²) in [5.41, 5.74) is 0. The van der Waals surface area contributed by atoms with E-state index in [9.17, 15) is 9.90 Å². The lowest BCUT2D eigenvalue weighted by Gasteiger charge is -2.14. The Morgan fingerprint density at radius 1 is 1.60 bits per heavy atom. The Hall–Kier alpha value is -0.240. The number of carbonyl (C=O) groups is 1. The quantitative estimate of drug-likeness (QED) is 0.562. The molecule has 0 aliphatic carbocycles. The summed E-state index contributed by atoms with van der Waals surface area (Å²) in [7, 11) is 0. The number of carboxylic acids is 1. The summed E-state index contributed by atoms with van der Waals surface area (Å²) in [5, 5.41) is 10.3. The van der Waals surface area contributed by atoms with Gasteiger partial charge in [0.1, 0.15) is 0 Å². The SMILES string of the molecule is CCCC(CCCl)C(=O)[O-]. The average molecular weight is 164 g/mol. The molecule has 0 saturated heterocycles. The molecule has 0 radical (unpaired) electrons. The molecule has 1 atom stereocenters. The van der Waals surface area contributed by atoms with Gasteiger partial charge in [0.25, 0.3) is 0 Å². The van der Waals surface area contributed by atoms with Crippen LogP contribution < -0.4 is 5.11 Å². The zero-order valence-electron chi connectivity index (χ0n) is 6.10. The summed E-state index contributed by atoms with van der Waals surface area (Å²) in [6.07, 6.45) is 2.07. The van der Waals surface area contributed by atoms with Crippen molar-refractivity contribution < 1.29 is 9.90 Å². The molecule has 0 aromatic carbocycles. The van der Waals surface area contributed by atoms with Crippen LogP contribution in [0.5, 0.6) is 0 Å². The van der Waals surface area contributed by atoms with Crippen LogP contribution in [0.2, 0.25) is 0 Å². The fraction of sp³-hybridized carbons (Fsp3) is 0.857. The maximum Gasteiger partial charge on any atom is 0.0445 e. The third-order valence-corrected chi connectivity index (χ3v) is 1.65. The Labute approximate surface area is 66.2 Å². The fourth-order valence-electron chi connectivity index (χ4n) is 0.860. The molecular weight excluding hydrogens is 152 g/mol. The van der Waals surface area contributed by atoms with Crippen LogP contribution in [0.25, 0.3) is 0 Å². The first-order valence-electron chi connectivity index (χ1n) is 3.49. The van der Waals surface area contributed by atoms with Crippen molar-refractivity contribution in [2.24, 2.45) is 5.92 Å². The number of aliphatic carboxylic acids is 1. The van der Waals surface area contributed by atoms with Crippen LogP contribution >= 0.6 is 11.6 Å². The molecule has 10 heavy (non-hydrogen) atoms. The van der Waals surface area contributed by atoms with Crippen molar-refractivity contribution in [3.05, 3.63) is 0 Å². The van der Waals surface area contributed by atoms with Crippen LogP contribution in [0.15, 0.2) is 0 Å². The van der Waals surface area contributed by atoms with E-state index in [-0.39, 0.29) is 5.92 Å². The molecule has 60 valence electrons. The molecule has 3 heteroatoms. The second kappa shape index (κ2) is 5.54. The van der Waals surface area contributed by atoms with Crippen molar-refractivity contribution in [2.45, 2.75) is 26.2 Å². The van der Waals surface area contributed by atoms with Gasteiger partial charge in [-0.2, -0.15) is 0 Å². The van der Waals surface area contributed by atoms with Crippen LogP contribution in [0, 0.1) is 5.92 Å². The van der Waals surface area contributed by atoms with E-state index >= 15 is 0 Å². The summed E-state index contributed by atoms with van der Waals surface area (Å²) in [6.45, 7) is 1.95. The van der Waals surface area contributed by atoms with Gasteiger partial charge in [0.2, 0.25) is 0 Å². The molecule has 0 rings (SSSR count). The van der Waals surface area contributed by atoms with E-state index in [0.29, 0.717) is 18.7 Å². The monoisotopic (exact) mass is 163 g/mol. The number of carbonyl (C=O) groups excluding carboxylic acids is 1. The van der Waals surface area contributed by atoms with Gasteiger partial charge in [-0.25, -0.2) is 0 Å². The predicted octanol–water partition coefficient (Wildman–Crippen LogP) is 0.781. The lowest BCUT2D eigenvalue weighted by Crippen LogP contribution is -2.31. The highest BCUT2D eigenvalue weighted by molar-refractivity contribution is 6.17. The van der Waals surface area contributed by atoms with Crippen molar-refractivity contribution in [2.75, 3.05) is 5.88 Å². The second-order valence-electron chi connectivity index (χ2n) is 2.28. The molecule has 0 aliphatic heterocycles. The lowest BCUT2D eigenvalue weighted by atomic mass is 10.0. The third kappa shape index (κ3) is 3.72. The van der Waals surface area contributed by atoms with Gasteiger partial charge < -0.3 is 9.90 Å². The van der Waals surface area contributed by atoms with Gasteiger partial charge in [-0.15, -0.1) is 11.6 Å². The molecular formula is C7H12ClO2-. The molecule has 1 unspecified atom stereocenters. The van der Waals surface area contributed by atoms with Gasteiger partial charge in [0.05, 0.1) is 0 Å². The molecule has 0 aromatic heterocycles. The van der Waals surface area contributed by atoms with Gasteiger partial charge in [-0.1, -0.05) is 13.3 Å². The normalized spacial score (nSPS) is 13.0. The Morgan fingerprint density at radius 2 is 2.20 bits per heavy atom. The van der Waals surface area contributed by atoms with E-state index in [1.807, 2.05) is 6.92 Å². The molecule has 0 aromatic rings. The maximum absolute atomic E-state index is 10.3. The fourth-order valence-corrected chi connectivity index (χ4v) is 1.12. The number of carboxylic acid groups (broad SMARTS) is 1. The van der Waals surface area contributed by atoms with Crippen molar-refractivity contribution >= 4 is 17.6 Å². The van der Waals surface area contributed by atoms with E-state index in [2.05, 4.69) is 0 Å². The van der Waals surface area contributed by atoms with Crippen LogP contribution in [-0.4, -0.2) is 11.8 Å². The minimum Gasteiger partial charge on any atom is -0.550 e. The molecule has 0 bridgehead atoms. The first kappa shape index (κ1) is 9.76. The molecule has 0 N–H and O–H groups in total. The largest absolute Gasteiger partial charge is 0.550 e. The highest BCUT2D eigenvalue weighted by Crippen LogP contribution is 2.10. The minimum absolute atomic E-state index is 0.345. The van der Waals surface area contributed by atoms with E-state index in [1.54, 1.807) is 0 Å². The Kier molecular flexibility index (Phi) is 5.40. The zero-order chi connectivity index (χ0) is 7.98. The molecule has 0 amide bonds. The molecule has 0 aliphatic rings. The molecule has 0 spiro atoms. The van der Waals surface area contributed by atoms with E-state index in [0.717, 1.165) is 6.42 Å². The van der Waals surface area contributed by atoms with Gasteiger partial charge in [0, 0.05) is 11.8 Å². The summed E-state index contributed by atoms with van der Waals surface area (Å²) >= 11 is 5.38. The summed E-state index contributed by atoms with van der Waals surface area (Å²) in [5.74, 6) is -0.913. The minimum atomic E-state index is -0.970. The third-order valence-electron chi connectivity index (χ3n) is 1.43. The Balaban J connectivity index is 3.61. The van der Waals surface area contributed by atoms with Gasteiger partial charge in [-0.3, -0.25) is 0 Å². The zero-order valence-corrected chi connectivity index (χ0v) is 6.86. The summed E-state index contributed by atoms with van der Waals surface area (Å²) in [6, 6.07) is 0. The van der Waals surface area contributed by atoms with Gasteiger partial charge in [-0.05, 0) is 18.8 Å². The number of hydrogen-bond donors (Lipinski definition) is 0. The number of hydrogen-bond acceptors (Lipinski definition) is 2. The summed E-state index contributed by atoms with van der Waals surface area (Å²) < 4.78 is 0. The van der Waals surface area contributed by atoms with E-state index < -0.39 is 5.97 Å². The van der Waals surface area contributed by atoms with Crippen LogP contribution in [0.1, 0.15) is 26.2 Å². The summed E-state index contributed by atoms with van der Waals surface area (Å²) in [4.78, 5) is 10.3. The Bertz CT molecular complexity index is 97.8. The smallest absolute Gasteiger partial charge is 0.0445 e. The molecule has 0 fully saturated rings. The molecule has 0 saturated carbocycles. The van der Waals surface area contributed by atoms with Crippen molar-refractivity contribution in [3.8, 4) is 0 Å². The predicted molar refractivity (Wildman–Crippen MR) is 38.7 cm³/mol. The first-order chi connectivity index (χ1) is 4.72. The standard InChI is InChI=1S/C7H13ClO2/c1-2-3-6(4-5-8)7(9)10/h6H,2-5H2,1H3,(H,9,10)/p-1. The van der Waals surface area contributed by atoms with Crippen LogP contribution in [0.4, 0.5) is 0 Å². The van der Waals surface area contributed by atoms with Crippen LogP contribution in [0.3, 0.4) is 0 Å². The number of alkyl halides is 1. The van der Waals surface area contributed by atoms with E-state index in [4.69, 9.17) is 11.6 Å².